The lowest BCUT2D eigenvalue weighted by Crippen LogP contribution is -2.54. The molecule has 0 spiro atoms. The molecular weight excluding hydrogens is 264 g/mol. The summed E-state index contributed by atoms with van der Waals surface area (Å²) < 4.78 is 5.34. The number of nitrogens with zero attached hydrogens (tertiary/aromatic N) is 2. The smallest absolute Gasteiger partial charge is 0.320 e. The number of carbonyl (C=O) groups is 1. The molecule has 2 amide bonds. The van der Waals surface area contributed by atoms with Crippen LogP contribution in [0.25, 0.3) is 0 Å². The number of urea groups is 1. The highest BCUT2D eigenvalue weighted by Gasteiger charge is 2.36. The SMILES string of the molecule is CC1(c2ccccc2)CCCN(C(=O)N2CCOCC2)C1. The van der Waals surface area contributed by atoms with Gasteiger partial charge in [0, 0.05) is 31.6 Å². The van der Waals surface area contributed by atoms with E-state index in [9.17, 15) is 4.79 Å². The normalized spacial score (nSPS) is 26.7. The molecule has 3 rings (SSSR count). The Labute approximate surface area is 126 Å². The maximum atomic E-state index is 12.7. The molecule has 1 aromatic rings. The predicted octanol–water partition coefficient (Wildman–Crippen LogP) is 2.49. The van der Waals surface area contributed by atoms with E-state index in [0.717, 1.165) is 39.0 Å². The molecule has 0 aromatic heterocycles. The Bertz CT molecular complexity index is 485. The maximum absolute atomic E-state index is 12.7. The molecule has 0 saturated carbocycles. The second kappa shape index (κ2) is 6.06. The summed E-state index contributed by atoms with van der Waals surface area (Å²) in [7, 11) is 0. The molecule has 2 heterocycles. The zero-order valence-corrected chi connectivity index (χ0v) is 12.8. The van der Waals surface area contributed by atoms with E-state index in [1.807, 2.05) is 15.9 Å². The summed E-state index contributed by atoms with van der Waals surface area (Å²) in [6.45, 7) is 6.73. The highest BCUT2D eigenvalue weighted by atomic mass is 16.5. The van der Waals surface area contributed by atoms with Crippen LogP contribution in [0.2, 0.25) is 0 Å². The van der Waals surface area contributed by atoms with Crippen LogP contribution < -0.4 is 0 Å². The Morgan fingerprint density at radius 3 is 2.52 bits per heavy atom. The first kappa shape index (κ1) is 14.4. The molecule has 0 bridgehead atoms. The van der Waals surface area contributed by atoms with Crippen LogP contribution in [0, 0.1) is 0 Å². The van der Waals surface area contributed by atoms with E-state index in [2.05, 4.69) is 31.2 Å². The van der Waals surface area contributed by atoms with E-state index in [1.165, 1.54) is 5.56 Å². The van der Waals surface area contributed by atoms with Crippen LogP contribution in [0.1, 0.15) is 25.3 Å². The summed E-state index contributed by atoms with van der Waals surface area (Å²) in [6, 6.07) is 10.8. The van der Waals surface area contributed by atoms with Gasteiger partial charge in [-0.15, -0.1) is 0 Å². The summed E-state index contributed by atoms with van der Waals surface area (Å²) >= 11 is 0. The average Bonchev–Trinajstić information content (AvgIpc) is 2.56. The Kier molecular flexibility index (Phi) is 4.15. The summed E-state index contributed by atoms with van der Waals surface area (Å²) in [6.07, 6.45) is 2.21. The van der Waals surface area contributed by atoms with Crippen molar-refractivity contribution in [3.05, 3.63) is 35.9 Å². The molecule has 1 aromatic carbocycles. The number of rotatable bonds is 1. The van der Waals surface area contributed by atoms with E-state index in [4.69, 9.17) is 4.74 Å². The third-order valence-corrected chi connectivity index (χ3v) is 4.72. The quantitative estimate of drug-likeness (QED) is 0.795. The van der Waals surface area contributed by atoms with Crippen molar-refractivity contribution in [1.29, 1.82) is 0 Å². The van der Waals surface area contributed by atoms with Gasteiger partial charge in [-0.1, -0.05) is 37.3 Å². The lowest BCUT2D eigenvalue weighted by atomic mass is 9.76. The lowest BCUT2D eigenvalue weighted by molar-refractivity contribution is 0.0381. The highest BCUT2D eigenvalue weighted by molar-refractivity contribution is 5.75. The first-order valence-electron chi connectivity index (χ1n) is 7.86. The minimum Gasteiger partial charge on any atom is -0.378 e. The fraction of sp³-hybridized carbons (Fsp3) is 0.588. The van der Waals surface area contributed by atoms with Gasteiger partial charge in [-0.05, 0) is 18.4 Å². The molecule has 0 radical (unpaired) electrons. The summed E-state index contributed by atoms with van der Waals surface area (Å²) in [5, 5.41) is 0. The number of carbonyl (C=O) groups excluding carboxylic acids is 1. The van der Waals surface area contributed by atoms with Crippen molar-refractivity contribution in [1.82, 2.24) is 9.80 Å². The van der Waals surface area contributed by atoms with Crippen molar-refractivity contribution in [3.63, 3.8) is 0 Å². The third-order valence-electron chi connectivity index (χ3n) is 4.72. The standard InChI is InChI=1S/C17H24N2O2/c1-17(15-6-3-2-4-7-15)8-5-9-19(14-17)16(20)18-10-12-21-13-11-18/h2-4,6-7H,5,8-14H2,1H3. The second-order valence-electron chi connectivity index (χ2n) is 6.33. The van der Waals surface area contributed by atoms with Crippen LogP contribution in [0.4, 0.5) is 4.79 Å². The Hall–Kier alpha value is -1.55. The van der Waals surface area contributed by atoms with Gasteiger partial charge in [0.1, 0.15) is 0 Å². The first-order valence-corrected chi connectivity index (χ1v) is 7.86. The van der Waals surface area contributed by atoms with Crippen LogP contribution >= 0.6 is 0 Å². The molecule has 4 heteroatoms. The van der Waals surface area contributed by atoms with Gasteiger partial charge in [0.2, 0.25) is 0 Å². The summed E-state index contributed by atoms with van der Waals surface area (Å²) in [4.78, 5) is 16.6. The average molecular weight is 288 g/mol. The number of hydrogen-bond acceptors (Lipinski definition) is 2. The minimum atomic E-state index is 0.0709. The number of morpholine rings is 1. The van der Waals surface area contributed by atoms with Gasteiger partial charge in [0.15, 0.2) is 0 Å². The molecule has 1 unspecified atom stereocenters. The summed E-state index contributed by atoms with van der Waals surface area (Å²) in [5.41, 5.74) is 1.41. The number of hydrogen-bond donors (Lipinski definition) is 0. The molecule has 1 atom stereocenters. The van der Waals surface area contributed by atoms with Gasteiger partial charge in [0.25, 0.3) is 0 Å². The molecule has 0 N–H and O–H groups in total. The van der Waals surface area contributed by atoms with E-state index in [0.29, 0.717) is 13.2 Å². The third kappa shape index (κ3) is 3.05. The van der Waals surface area contributed by atoms with Crippen LogP contribution in [-0.4, -0.2) is 55.2 Å². The molecule has 114 valence electrons. The van der Waals surface area contributed by atoms with Crippen LogP contribution in [0.3, 0.4) is 0 Å². The Morgan fingerprint density at radius 1 is 1.10 bits per heavy atom. The first-order chi connectivity index (χ1) is 10.2. The number of ether oxygens (including phenoxy) is 1. The molecule has 4 nitrogen and oxygen atoms in total. The van der Waals surface area contributed by atoms with Crippen LogP contribution in [0.15, 0.2) is 30.3 Å². The number of piperidine rings is 1. The molecule has 2 fully saturated rings. The Balaban J connectivity index is 1.72. The molecule has 2 saturated heterocycles. The van der Waals surface area contributed by atoms with Gasteiger partial charge in [-0.2, -0.15) is 0 Å². The number of benzene rings is 1. The van der Waals surface area contributed by atoms with Crippen LogP contribution in [-0.2, 0) is 10.2 Å². The van der Waals surface area contributed by atoms with E-state index in [-0.39, 0.29) is 11.4 Å². The summed E-state index contributed by atoms with van der Waals surface area (Å²) in [5.74, 6) is 0. The van der Waals surface area contributed by atoms with Gasteiger partial charge in [-0.25, -0.2) is 4.79 Å². The van der Waals surface area contributed by atoms with E-state index in [1.54, 1.807) is 0 Å². The predicted molar refractivity (Wildman–Crippen MR) is 82.4 cm³/mol. The zero-order chi connectivity index (χ0) is 14.7. The second-order valence-corrected chi connectivity index (χ2v) is 6.33. The van der Waals surface area contributed by atoms with Gasteiger partial charge in [-0.3, -0.25) is 0 Å². The van der Waals surface area contributed by atoms with Gasteiger partial charge in [0.05, 0.1) is 13.2 Å². The largest absolute Gasteiger partial charge is 0.378 e. The molecule has 2 aliphatic rings. The Morgan fingerprint density at radius 2 is 1.81 bits per heavy atom. The van der Waals surface area contributed by atoms with Crippen molar-refractivity contribution >= 4 is 6.03 Å². The molecular formula is C17H24N2O2. The van der Waals surface area contributed by atoms with Crippen molar-refractivity contribution < 1.29 is 9.53 Å². The number of amides is 2. The monoisotopic (exact) mass is 288 g/mol. The van der Waals surface area contributed by atoms with Crippen molar-refractivity contribution in [3.8, 4) is 0 Å². The number of likely N-dealkylation sites (tertiary alicyclic amines) is 1. The molecule has 0 aliphatic carbocycles. The van der Waals surface area contributed by atoms with E-state index < -0.39 is 0 Å². The van der Waals surface area contributed by atoms with Crippen LogP contribution in [0.5, 0.6) is 0 Å². The maximum Gasteiger partial charge on any atom is 0.320 e. The fourth-order valence-electron chi connectivity index (χ4n) is 3.43. The van der Waals surface area contributed by atoms with Crippen molar-refractivity contribution in [2.45, 2.75) is 25.2 Å². The lowest BCUT2D eigenvalue weighted by Gasteiger charge is -2.43. The topological polar surface area (TPSA) is 32.8 Å². The minimum absolute atomic E-state index is 0.0709. The van der Waals surface area contributed by atoms with Crippen molar-refractivity contribution in [2.24, 2.45) is 0 Å². The zero-order valence-electron chi connectivity index (χ0n) is 12.8. The molecule has 21 heavy (non-hydrogen) atoms. The molecule has 2 aliphatic heterocycles. The van der Waals surface area contributed by atoms with E-state index >= 15 is 0 Å². The fourth-order valence-corrected chi connectivity index (χ4v) is 3.43. The van der Waals surface area contributed by atoms with Gasteiger partial charge >= 0.3 is 6.03 Å². The highest BCUT2D eigenvalue weighted by Crippen LogP contribution is 2.33. The van der Waals surface area contributed by atoms with Gasteiger partial charge < -0.3 is 14.5 Å². The van der Waals surface area contributed by atoms with Crippen molar-refractivity contribution in [2.75, 3.05) is 39.4 Å².